The van der Waals surface area contributed by atoms with E-state index in [0.717, 1.165) is 0 Å². The fourth-order valence-corrected chi connectivity index (χ4v) is 3.49. The standard InChI is InChI=1S/C13H7BrCl2N2O2S/c14-10-6-9(2-4-11(10)15)21(19,20)18-13-5-8(7-17)1-3-12(13)16/h1-6,18H. The van der Waals surface area contributed by atoms with Gasteiger partial charge in [0.25, 0.3) is 10.0 Å². The lowest BCUT2D eigenvalue weighted by Gasteiger charge is -2.10. The lowest BCUT2D eigenvalue weighted by molar-refractivity contribution is 0.601. The highest BCUT2D eigenvalue weighted by molar-refractivity contribution is 9.10. The van der Waals surface area contributed by atoms with Crippen LogP contribution in [0.2, 0.25) is 10.0 Å². The summed E-state index contributed by atoms with van der Waals surface area (Å²) in [6.07, 6.45) is 0. The molecule has 0 unspecified atom stereocenters. The minimum absolute atomic E-state index is 0.0252. The Morgan fingerprint density at radius 3 is 2.38 bits per heavy atom. The van der Waals surface area contributed by atoms with Gasteiger partial charge in [0, 0.05) is 4.47 Å². The van der Waals surface area contributed by atoms with E-state index in [1.54, 1.807) is 0 Å². The summed E-state index contributed by atoms with van der Waals surface area (Å²) in [6.45, 7) is 0. The molecule has 0 saturated carbocycles. The van der Waals surface area contributed by atoms with E-state index >= 15 is 0 Å². The minimum Gasteiger partial charge on any atom is -0.278 e. The van der Waals surface area contributed by atoms with Gasteiger partial charge in [0.2, 0.25) is 0 Å². The molecule has 0 saturated heterocycles. The highest BCUT2D eigenvalue weighted by Crippen LogP contribution is 2.29. The van der Waals surface area contributed by atoms with Gasteiger partial charge >= 0.3 is 0 Å². The zero-order chi connectivity index (χ0) is 15.6. The monoisotopic (exact) mass is 404 g/mol. The van der Waals surface area contributed by atoms with Crippen LogP contribution in [-0.2, 0) is 10.0 Å². The Morgan fingerprint density at radius 2 is 1.76 bits per heavy atom. The Labute approximate surface area is 140 Å². The Morgan fingerprint density at radius 1 is 1.10 bits per heavy atom. The van der Waals surface area contributed by atoms with E-state index in [-0.39, 0.29) is 15.6 Å². The predicted molar refractivity (Wildman–Crippen MR) is 86.1 cm³/mol. The maximum Gasteiger partial charge on any atom is 0.261 e. The zero-order valence-corrected chi connectivity index (χ0v) is 14.2. The topological polar surface area (TPSA) is 70.0 Å². The first-order valence-corrected chi connectivity index (χ1v) is 8.54. The van der Waals surface area contributed by atoms with Crippen molar-refractivity contribution in [2.24, 2.45) is 0 Å². The van der Waals surface area contributed by atoms with E-state index in [1.807, 2.05) is 6.07 Å². The van der Waals surface area contributed by atoms with Crippen molar-refractivity contribution in [3.8, 4) is 6.07 Å². The van der Waals surface area contributed by atoms with Crippen LogP contribution in [0.5, 0.6) is 0 Å². The molecule has 108 valence electrons. The zero-order valence-electron chi connectivity index (χ0n) is 10.3. The van der Waals surface area contributed by atoms with Gasteiger partial charge in [0.1, 0.15) is 0 Å². The summed E-state index contributed by atoms with van der Waals surface area (Å²) in [5, 5.41) is 9.45. The van der Waals surface area contributed by atoms with E-state index in [1.165, 1.54) is 36.4 Å². The lowest BCUT2D eigenvalue weighted by atomic mass is 10.2. The molecular weight excluding hydrogens is 399 g/mol. The molecular formula is C13H7BrCl2N2O2S. The summed E-state index contributed by atoms with van der Waals surface area (Å²) in [5.41, 5.74) is 0.441. The SMILES string of the molecule is N#Cc1ccc(Cl)c(NS(=O)(=O)c2ccc(Cl)c(Br)c2)c1. The van der Waals surface area contributed by atoms with Gasteiger partial charge in [-0.15, -0.1) is 0 Å². The molecule has 0 aliphatic carbocycles. The van der Waals surface area contributed by atoms with E-state index in [0.29, 0.717) is 15.1 Å². The van der Waals surface area contributed by atoms with Crippen LogP contribution < -0.4 is 4.72 Å². The average Bonchev–Trinajstić information content (AvgIpc) is 2.44. The van der Waals surface area contributed by atoms with Crippen LogP contribution in [0.3, 0.4) is 0 Å². The van der Waals surface area contributed by atoms with Gasteiger partial charge in [-0.25, -0.2) is 8.42 Å². The molecule has 0 bridgehead atoms. The lowest BCUT2D eigenvalue weighted by Crippen LogP contribution is -2.13. The minimum atomic E-state index is -3.83. The van der Waals surface area contributed by atoms with Gasteiger partial charge < -0.3 is 0 Å². The van der Waals surface area contributed by atoms with Crippen molar-refractivity contribution in [3.05, 3.63) is 56.5 Å². The molecule has 0 spiro atoms. The van der Waals surface area contributed by atoms with Gasteiger partial charge in [-0.05, 0) is 52.3 Å². The third-order valence-electron chi connectivity index (χ3n) is 2.54. The number of anilines is 1. The number of nitrogens with one attached hydrogen (secondary N) is 1. The fourth-order valence-electron chi connectivity index (χ4n) is 1.52. The van der Waals surface area contributed by atoms with Crippen LogP contribution in [-0.4, -0.2) is 8.42 Å². The summed E-state index contributed by atoms with van der Waals surface area (Å²) >= 11 is 14.9. The second kappa shape index (κ2) is 6.24. The quantitative estimate of drug-likeness (QED) is 0.820. The number of halogens is 3. The van der Waals surface area contributed by atoms with E-state index in [2.05, 4.69) is 20.7 Å². The molecule has 21 heavy (non-hydrogen) atoms. The Bertz CT molecular complexity index is 848. The van der Waals surface area contributed by atoms with Crippen LogP contribution in [0.1, 0.15) is 5.56 Å². The number of hydrogen-bond donors (Lipinski definition) is 1. The van der Waals surface area contributed by atoms with Crippen LogP contribution in [0, 0.1) is 11.3 Å². The first-order chi connectivity index (χ1) is 9.83. The van der Waals surface area contributed by atoms with E-state index in [9.17, 15) is 8.42 Å². The summed E-state index contributed by atoms with van der Waals surface area (Å²) in [4.78, 5) is 0.0252. The van der Waals surface area contributed by atoms with Crippen molar-refractivity contribution in [1.29, 1.82) is 5.26 Å². The molecule has 0 heterocycles. The molecule has 0 fully saturated rings. The van der Waals surface area contributed by atoms with Gasteiger partial charge in [-0.3, -0.25) is 4.72 Å². The van der Waals surface area contributed by atoms with Crippen LogP contribution in [0.15, 0.2) is 45.8 Å². The van der Waals surface area contributed by atoms with Crippen LogP contribution in [0.25, 0.3) is 0 Å². The van der Waals surface area contributed by atoms with Crippen molar-refractivity contribution >= 4 is 54.8 Å². The third-order valence-corrected chi connectivity index (χ3v) is 5.45. The van der Waals surface area contributed by atoms with Crippen molar-refractivity contribution in [2.75, 3.05) is 4.72 Å². The fraction of sp³-hybridized carbons (Fsp3) is 0. The van der Waals surface area contributed by atoms with Gasteiger partial charge in [-0.1, -0.05) is 23.2 Å². The number of benzene rings is 2. The van der Waals surface area contributed by atoms with Crippen molar-refractivity contribution in [3.63, 3.8) is 0 Å². The molecule has 0 aromatic heterocycles. The molecule has 4 nitrogen and oxygen atoms in total. The number of nitrogens with zero attached hydrogens (tertiary/aromatic N) is 1. The first-order valence-electron chi connectivity index (χ1n) is 5.51. The molecule has 8 heteroatoms. The third kappa shape index (κ3) is 3.69. The Kier molecular flexibility index (Phi) is 4.79. The molecule has 2 rings (SSSR count). The Hall–Kier alpha value is -1.26. The van der Waals surface area contributed by atoms with Crippen LogP contribution in [0.4, 0.5) is 5.69 Å². The maximum atomic E-state index is 12.3. The summed E-state index contributed by atoms with van der Waals surface area (Å²) in [5.74, 6) is 0. The second-order valence-corrected chi connectivity index (χ2v) is 7.34. The number of hydrogen-bond acceptors (Lipinski definition) is 3. The molecule has 0 aliphatic heterocycles. The Balaban J connectivity index is 2.42. The van der Waals surface area contributed by atoms with Crippen molar-refractivity contribution < 1.29 is 8.42 Å². The molecule has 0 aliphatic rings. The van der Waals surface area contributed by atoms with Gasteiger partial charge in [0.05, 0.1) is 32.3 Å². The largest absolute Gasteiger partial charge is 0.278 e. The highest BCUT2D eigenvalue weighted by Gasteiger charge is 2.17. The average molecular weight is 406 g/mol. The molecule has 0 atom stereocenters. The first kappa shape index (κ1) is 16.1. The molecule has 0 radical (unpaired) electrons. The smallest absolute Gasteiger partial charge is 0.261 e. The highest BCUT2D eigenvalue weighted by atomic mass is 79.9. The van der Waals surface area contributed by atoms with E-state index < -0.39 is 10.0 Å². The van der Waals surface area contributed by atoms with Crippen molar-refractivity contribution in [1.82, 2.24) is 0 Å². The second-order valence-electron chi connectivity index (χ2n) is 3.99. The number of nitriles is 1. The predicted octanol–water partition coefficient (Wildman–Crippen LogP) is 4.43. The normalized spacial score (nSPS) is 11.0. The van der Waals surface area contributed by atoms with Crippen LogP contribution >= 0.6 is 39.1 Å². The molecule has 2 aromatic rings. The molecule has 1 N–H and O–H groups in total. The maximum absolute atomic E-state index is 12.3. The van der Waals surface area contributed by atoms with Gasteiger partial charge in [0.15, 0.2) is 0 Å². The number of sulfonamides is 1. The van der Waals surface area contributed by atoms with E-state index in [4.69, 9.17) is 28.5 Å². The summed E-state index contributed by atoms with van der Waals surface area (Å²) in [7, 11) is -3.83. The van der Waals surface area contributed by atoms with Gasteiger partial charge in [-0.2, -0.15) is 5.26 Å². The summed E-state index contributed by atoms with van der Waals surface area (Å²) in [6, 6.07) is 10.5. The number of rotatable bonds is 3. The summed E-state index contributed by atoms with van der Waals surface area (Å²) < 4.78 is 27.4. The van der Waals surface area contributed by atoms with Crippen molar-refractivity contribution in [2.45, 2.75) is 4.90 Å². The molecule has 0 amide bonds. The molecule has 2 aromatic carbocycles.